The molecule has 3 nitrogen and oxygen atoms in total. The van der Waals surface area contributed by atoms with Crippen LogP contribution in [0.2, 0.25) is 10.0 Å². The Hall–Kier alpha value is -2.33. The van der Waals surface area contributed by atoms with Gasteiger partial charge >= 0.3 is 5.97 Å². The molecule has 0 spiro atoms. The molecule has 2 N–H and O–H groups in total. The van der Waals surface area contributed by atoms with Gasteiger partial charge in [-0.3, -0.25) is 4.79 Å². The third-order valence-electron chi connectivity index (χ3n) is 4.18. The van der Waals surface area contributed by atoms with Crippen molar-refractivity contribution in [3.8, 4) is 11.1 Å². The molecule has 1 atom stereocenters. The molecular formula is C22H19Cl2NO2. The quantitative estimate of drug-likeness (QED) is 0.574. The lowest BCUT2D eigenvalue weighted by Crippen LogP contribution is -2.34. The Morgan fingerprint density at radius 1 is 0.926 bits per heavy atom. The Bertz CT molecular complexity index is 911. The van der Waals surface area contributed by atoms with Crippen LogP contribution in [0.4, 0.5) is 0 Å². The fourth-order valence-electron chi connectivity index (χ4n) is 2.71. The summed E-state index contributed by atoms with van der Waals surface area (Å²) < 4.78 is 5.29. The Balaban J connectivity index is 1.60. The van der Waals surface area contributed by atoms with Gasteiger partial charge in [0.15, 0.2) is 0 Å². The van der Waals surface area contributed by atoms with Crippen LogP contribution in [0.3, 0.4) is 0 Å². The molecule has 0 aliphatic heterocycles. The van der Waals surface area contributed by atoms with Gasteiger partial charge in [-0.25, -0.2) is 0 Å². The predicted octanol–water partition coefficient (Wildman–Crippen LogP) is 5.27. The molecule has 5 heteroatoms. The molecule has 138 valence electrons. The summed E-state index contributed by atoms with van der Waals surface area (Å²) in [5, 5.41) is 1.26. The van der Waals surface area contributed by atoms with Gasteiger partial charge in [0.1, 0.15) is 12.6 Å². The number of hydrogen-bond acceptors (Lipinski definition) is 3. The molecule has 0 radical (unpaired) electrons. The van der Waals surface area contributed by atoms with Gasteiger partial charge in [0.2, 0.25) is 0 Å². The van der Waals surface area contributed by atoms with Crippen LogP contribution in [0.1, 0.15) is 11.1 Å². The minimum absolute atomic E-state index is 0.222. The summed E-state index contributed by atoms with van der Waals surface area (Å²) in [5.41, 5.74) is 9.68. The smallest absolute Gasteiger partial charge is 0.323 e. The molecule has 0 saturated carbocycles. The van der Waals surface area contributed by atoms with Gasteiger partial charge in [-0.2, -0.15) is 0 Å². The molecule has 0 saturated heterocycles. The van der Waals surface area contributed by atoms with Crippen LogP contribution in [0.5, 0.6) is 0 Å². The minimum Gasteiger partial charge on any atom is -0.460 e. The van der Waals surface area contributed by atoms with E-state index in [9.17, 15) is 4.79 Å². The van der Waals surface area contributed by atoms with Crippen molar-refractivity contribution in [2.45, 2.75) is 19.1 Å². The molecule has 3 aromatic carbocycles. The third-order valence-corrected chi connectivity index (χ3v) is 4.74. The molecule has 0 amide bonds. The first kappa shape index (κ1) is 19.4. The van der Waals surface area contributed by atoms with Gasteiger partial charge < -0.3 is 10.5 Å². The van der Waals surface area contributed by atoms with Crippen LogP contribution < -0.4 is 5.73 Å². The van der Waals surface area contributed by atoms with Crippen molar-refractivity contribution in [3.05, 3.63) is 94.0 Å². The van der Waals surface area contributed by atoms with E-state index < -0.39 is 12.0 Å². The van der Waals surface area contributed by atoms with Gasteiger partial charge in [0.05, 0.1) is 0 Å². The summed E-state index contributed by atoms with van der Waals surface area (Å²) >= 11 is 12.3. The number of hydrogen-bond donors (Lipinski definition) is 1. The highest BCUT2D eigenvalue weighted by Crippen LogP contribution is 2.30. The lowest BCUT2D eigenvalue weighted by Gasteiger charge is -2.12. The van der Waals surface area contributed by atoms with Crippen molar-refractivity contribution in [1.29, 1.82) is 0 Å². The maximum absolute atomic E-state index is 12.1. The number of esters is 1. The van der Waals surface area contributed by atoms with E-state index in [2.05, 4.69) is 0 Å². The summed E-state index contributed by atoms with van der Waals surface area (Å²) in [6.45, 7) is 0.222. The normalized spacial score (nSPS) is 11.8. The van der Waals surface area contributed by atoms with Crippen LogP contribution in [0, 0.1) is 0 Å². The Kier molecular flexibility index (Phi) is 6.51. The maximum atomic E-state index is 12.1. The van der Waals surface area contributed by atoms with Gasteiger partial charge in [-0.05, 0) is 41.3 Å². The highest BCUT2D eigenvalue weighted by Gasteiger charge is 2.16. The molecule has 0 bridgehead atoms. The van der Waals surface area contributed by atoms with Gasteiger partial charge in [-0.15, -0.1) is 0 Å². The van der Waals surface area contributed by atoms with Gasteiger partial charge in [0.25, 0.3) is 0 Å². The van der Waals surface area contributed by atoms with Crippen molar-refractivity contribution in [3.63, 3.8) is 0 Å². The zero-order valence-corrected chi connectivity index (χ0v) is 16.1. The summed E-state index contributed by atoms with van der Waals surface area (Å²) in [6, 6.07) is 21.9. The second-order valence-electron chi connectivity index (χ2n) is 6.23. The van der Waals surface area contributed by atoms with Crippen LogP contribution in [0.25, 0.3) is 11.1 Å². The van der Waals surface area contributed by atoms with Gasteiger partial charge in [0, 0.05) is 15.6 Å². The van der Waals surface area contributed by atoms with Crippen LogP contribution in [0.15, 0.2) is 72.8 Å². The lowest BCUT2D eigenvalue weighted by molar-refractivity contribution is -0.146. The molecule has 3 rings (SSSR count). The molecule has 0 aliphatic rings. The summed E-state index contributed by atoms with van der Waals surface area (Å²) in [7, 11) is 0. The van der Waals surface area contributed by atoms with Gasteiger partial charge in [-0.1, -0.05) is 77.8 Å². The van der Waals surface area contributed by atoms with Crippen molar-refractivity contribution in [1.82, 2.24) is 0 Å². The first-order chi connectivity index (χ1) is 13.0. The maximum Gasteiger partial charge on any atom is 0.323 e. The topological polar surface area (TPSA) is 52.3 Å². The van der Waals surface area contributed by atoms with E-state index in [1.807, 2.05) is 60.7 Å². The third kappa shape index (κ3) is 5.33. The van der Waals surface area contributed by atoms with E-state index in [0.29, 0.717) is 16.5 Å². The van der Waals surface area contributed by atoms with Crippen LogP contribution >= 0.6 is 23.2 Å². The van der Waals surface area contributed by atoms with Crippen molar-refractivity contribution in [2.24, 2.45) is 5.73 Å². The monoisotopic (exact) mass is 399 g/mol. The fourth-order valence-corrected chi connectivity index (χ4v) is 3.11. The number of ether oxygens (including phenoxy) is 1. The molecular weight excluding hydrogens is 381 g/mol. The van der Waals surface area contributed by atoms with Crippen molar-refractivity contribution < 1.29 is 9.53 Å². The predicted molar refractivity (Wildman–Crippen MR) is 110 cm³/mol. The lowest BCUT2D eigenvalue weighted by atomic mass is 10.0. The second kappa shape index (κ2) is 9.05. The van der Waals surface area contributed by atoms with E-state index >= 15 is 0 Å². The first-order valence-corrected chi connectivity index (χ1v) is 9.29. The largest absolute Gasteiger partial charge is 0.460 e. The molecule has 0 fully saturated rings. The van der Waals surface area contributed by atoms with Crippen LogP contribution in [-0.4, -0.2) is 12.0 Å². The second-order valence-corrected chi connectivity index (χ2v) is 7.07. The van der Waals surface area contributed by atoms with E-state index in [1.165, 1.54) is 0 Å². The van der Waals surface area contributed by atoms with Crippen LogP contribution in [-0.2, 0) is 22.6 Å². The average Bonchev–Trinajstić information content (AvgIpc) is 2.69. The Labute approximate surface area is 168 Å². The Morgan fingerprint density at radius 2 is 1.63 bits per heavy atom. The fraction of sp³-hybridized carbons (Fsp3) is 0.136. The molecule has 27 heavy (non-hydrogen) atoms. The van der Waals surface area contributed by atoms with Crippen molar-refractivity contribution >= 4 is 29.2 Å². The number of rotatable bonds is 6. The molecule has 0 aromatic heterocycles. The molecule has 3 aromatic rings. The molecule has 0 heterocycles. The highest BCUT2D eigenvalue weighted by molar-refractivity contribution is 6.35. The first-order valence-electron chi connectivity index (χ1n) is 8.53. The number of carbonyl (C=O) groups is 1. The minimum atomic E-state index is -0.714. The summed E-state index contributed by atoms with van der Waals surface area (Å²) in [5.74, 6) is -0.416. The van der Waals surface area contributed by atoms with E-state index in [1.54, 1.807) is 12.1 Å². The standard InChI is InChI=1S/C22H19Cl2NO2/c23-18-10-11-20(24)19(13-18)17-8-6-15(7-9-17)12-21(25)22(26)27-14-16-4-2-1-3-5-16/h1-11,13,21H,12,14,25H2/t21-/m0/s1. The molecule has 0 unspecified atom stereocenters. The van der Waals surface area contributed by atoms with E-state index in [0.717, 1.165) is 22.3 Å². The number of nitrogens with two attached hydrogens (primary N) is 1. The Morgan fingerprint density at radius 3 is 2.33 bits per heavy atom. The highest BCUT2D eigenvalue weighted by atomic mass is 35.5. The average molecular weight is 400 g/mol. The van der Waals surface area contributed by atoms with E-state index in [4.69, 9.17) is 33.7 Å². The number of benzene rings is 3. The summed E-state index contributed by atoms with van der Waals surface area (Å²) in [4.78, 5) is 12.1. The number of halogens is 2. The summed E-state index contributed by atoms with van der Waals surface area (Å²) in [6.07, 6.45) is 0.400. The SMILES string of the molecule is N[C@@H](Cc1ccc(-c2cc(Cl)ccc2Cl)cc1)C(=O)OCc1ccccc1. The van der Waals surface area contributed by atoms with Crippen molar-refractivity contribution in [2.75, 3.05) is 0 Å². The molecule has 0 aliphatic carbocycles. The zero-order chi connectivity index (χ0) is 19.2. The van der Waals surface area contributed by atoms with E-state index in [-0.39, 0.29) is 6.61 Å². The number of carbonyl (C=O) groups excluding carboxylic acids is 1. The zero-order valence-electron chi connectivity index (χ0n) is 14.6.